The number of halogens is 1. The third kappa shape index (κ3) is 3.93. The Labute approximate surface area is 124 Å². The number of aliphatic hydroxyl groups excluding tert-OH is 1. The molecule has 0 saturated carbocycles. The van der Waals surface area contributed by atoms with Crippen LogP contribution in [0.25, 0.3) is 0 Å². The molecule has 1 aromatic carbocycles. The lowest BCUT2D eigenvalue weighted by molar-refractivity contribution is 0.281. The topological polar surface area (TPSA) is 69.6 Å². The molecule has 0 atom stereocenters. The zero-order valence-electron chi connectivity index (χ0n) is 11.2. The molecule has 0 spiro atoms. The molecule has 5 nitrogen and oxygen atoms in total. The maximum absolute atomic E-state index is 12.2. The Kier molecular flexibility index (Phi) is 5.40. The lowest BCUT2D eigenvalue weighted by atomic mass is 10.2. The summed E-state index contributed by atoms with van der Waals surface area (Å²) >= 11 is 5.93. The van der Waals surface area contributed by atoms with Crippen molar-refractivity contribution in [3.05, 3.63) is 28.8 Å². The fraction of sp³-hybridized carbons (Fsp3) is 0.538. The molecule has 0 radical (unpaired) electrons. The predicted molar refractivity (Wildman–Crippen MR) is 78.2 cm³/mol. The monoisotopic (exact) mass is 318 g/mol. The standard InChI is InChI=1S/C13H19ClN2O3S/c14-12-4-3-11(10-17)9-13(12)20(18,19)15-5-8-16-6-1-2-7-16/h3-4,9,15,17H,1-2,5-8,10H2. The van der Waals surface area contributed by atoms with E-state index in [1.54, 1.807) is 6.07 Å². The van der Waals surface area contributed by atoms with Crippen molar-refractivity contribution in [2.24, 2.45) is 0 Å². The van der Waals surface area contributed by atoms with Crippen LogP contribution in [0.1, 0.15) is 18.4 Å². The molecule has 1 aliphatic heterocycles. The molecule has 1 aromatic rings. The van der Waals surface area contributed by atoms with Crippen molar-refractivity contribution in [3.8, 4) is 0 Å². The number of sulfonamides is 1. The Morgan fingerprint density at radius 2 is 2.00 bits per heavy atom. The molecule has 0 unspecified atom stereocenters. The first kappa shape index (κ1) is 15.7. The average Bonchev–Trinajstić information content (AvgIpc) is 2.92. The Balaban J connectivity index is 2.01. The number of rotatable bonds is 6. The van der Waals surface area contributed by atoms with Crippen LogP contribution < -0.4 is 4.72 Å². The van der Waals surface area contributed by atoms with E-state index in [2.05, 4.69) is 9.62 Å². The first-order valence-electron chi connectivity index (χ1n) is 6.64. The molecular formula is C13H19ClN2O3S. The SMILES string of the molecule is O=S(=O)(NCCN1CCCC1)c1cc(CO)ccc1Cl. The van der Waals surface area contributed by atoms with Crippen molar-refractivity contribution in [2.45, 2.75) is 24.3 Å². The molecule has 1 aliphatic rings. The summed E-state index contributed by atoms with van der Waals surface area (Å²) in [4.78, 5) is 2.25. The minimum Gasteiger partial charge on any atom is -0.392 e. The molecule has 0 aromatic heterocycles. The highest BCUT2D eigenvalue weighted by molar-refractivity contribution is 7.89. The van der Waals surface area contributed by atoms with E-state index in [1.807, 2.05) is 0 Å². The Hall–Kier alpha value is -0.660. The number of hydrogen-bond donors (Lipinski definition) is 2. The number of benzene rings is 1. The van der Waals surface area contributed by atoms with Gasteiger partial charge in [0.2, 0.25) is 10.0 Å². The lowest BCUT2D eigenvalue weighted by Gasteiger charge is -2.15. The zero-order valence-corrected chi connectivity index (χ0v) is 12.8. The van der Waals surface area contributed by atoms with E-state index in [4.69, 9.17) is 16.7 Å². The molecule has 0 bridgehead atoms. The minimum absolute atomic E-state index is 0.0205. The fourth-order valence-electron chi connectivity index (χ4n) is 2.27. The highest BCUT2D eigenvalue weighted by atomic mass is 35.5. The van der Waals surface area contributed by atoms with E-state index in [9.17, 15) is 8.42 Å². The summed E-state index contributed by atoms with van der Waals surface area (Å²) in [7, 11) is -3.63. The van der Waals surface area contributed by atoms with Crippen molar-refractivity contribution in [3.63, 3.8) is 0 Å². The molecule has 112 valence electrons. The van der Waals surface area contributed by atoms with Gasteiger partial charge in [0.05, 0.1) is 11.6 Å². The van der Waals surface area contributed by atoms with Crippen LogP contribution in [0, 0.1) is 0 Å². The van der Waals surface area contributed by atoms with Gasteiger partial charge in [-0.1, -0.05) is 17.7 Å². The van der Waals surface area contributed by atoms with Crippen LogP contribution in [0.3, 0.4) is 0 Å². The largest absolute Gasteiger partial charge is 0.392 e. The van der Waals surface area contributed by atoms with Gasteiger partial charge >= 0.3 is 0 Å². The minimum atomic E-state index is -3.63. The maximum atomic E-state index is 12.2. The normalized spacial score (nSPS) is 16.7. The molecular weight excluding hydrogens is 300 g/mol. The summed E-state index contributed by atoms with van der Waals surface area (Å²) in [5.74, 6) is 0. The second kappa shape index (κ2) is 6.87. The van der Waals surface area contributed by atoms with Gasteiger partial charge < -0.3 is 10.0 Å². The first-order chi connectivity index (χ1) is 9.53. The summed E-state index contributed by atoms with van der Waals surface area (Å²) in [6.07, 6.45) is 2.36. The van der Waals surface area contributed by atoms with E-state index in [0.717, 1.165) is 13.1 Å². The molecule has 2 rings (SSSR count). The van der Waals surface area contributed by atoms with Crippen molar-refractivity contribution in [2.75, 3.05) is 26.2 Å². The van der Waals surface area contributed by atoms with Gasteiger partial charge in [0.1, 0.15) is 4.90 Å². The fourth-order valence-corrected chi connectivity index (χ4v) is 3.84. The van der Waals surface area contributed by atoms with Gasteiger partial charge in [0.15, 0.2) is 0 Å². The smallest absolute Gasteiger partial charge is 0.242 e. The molecule has 1 heterocycles. The summed E-state index contributed by atoms with van der Waals surface area (Å²) in [5, 5.41) is 9.24. The van der Waals surface area contributed by atoms with Gasteiger partial charge in [0, 0.05) is 13.1 Å². The highest BCUT2D eigenvalue weighted by Gasteiger charge is 2.19. The number of nitrogens with one attached hydrogen (secondary N) is 1. The van der Waals surface area contributed by atoms with Crippen LogP contribution in [0.2, 0.25) is 5.02 Å². The molecule has 2 N–H and O–H groups in total. The van der Waals surface area contributed by atoms with Gasteiger partial charge in [-0.3, -0.25) is 0 Å². The first-order valence-corrected chi connectivity index (χ1v) is 8.50. The highest BCUT2D eigenvalue weighted by Crippen LogP contribution is 2.22. The van der Waals surface area contributed by atoms with Crippen LogP contribution in [0.15, 0.2) is 23.1 Å². The van der Waals surface area contributed by atoms with E-state index < -0.39 is 10.0 Å². The maximum Gasteiger partial charge on any atom is 0.242 e. The molecule has 0 aliphatic carbocycles. The number of hydrogen-bond acceptors (Lipinski definition) is 4. The summed E-state index contributed by atoms with van der Waals surface area (Å²) < 4.78 is 27.0. The lowest BCUT2D eigenvalue weighted by Crippen LogP contribution is -2.33. The van der Waals surface area contributed by atoms with Crippen LogP contribution in [-0.4, -0.2) is 44.6 Å². The van der Waals surface area contributed by atoms with Crippen molar-refractivity contribution in [1.29, 1.82) is 0 Å². The van der Waals surface area contributed by atoms with E-state index >= 15 is 0 Å². The van der Waals surface area contributed by atoms with Gasteiger partial charge in [-0.25, -0.2) is 13.1 Å². The molecule has 0 amide bonds. The molecule has 1 saturated heterocycles. The van der Waals surface area contributed by atoms with Gasteiger partial charge in [0.25, 0.3) is 0 Å². The van der Waals surface area contributed by atoms with Crippen LogP contribution in [-0.2, 0) is 16.6 Å². The van der Waals surface area contributed by atoms with Crippen LogP contribution >= 0.6 is 11.6 Å². The van der Waals surface area contributed by atoms with Gasteiger partial charge in [-0.05, 0) is 43.6 Å². The molecule has 7 heteroatoms. The number of likely N-dealkylation sites (tertiary alicyclic amines) is 1. The van der Waals surface area contributed by atoms with Gasteiger partial charge in [-0.15, -0.1) is 0 Å². The zero-order chi connectivity index (χ0) is 14.6. The molecule has 20 heavy (non-hydrogen) atoms. The second-order valence-corrected chi connectivity index (χ2v) is 7.01. The third-order valence-electron chi connectivity index (χ3n) is 3.39. The molecule has 1 fully saturated rings. The second-order valence-electron chi connectivity index (χ2n) is 4.87. The quantitative estimate of drug-likeness (QED) is 0.827. The number of nitrogens with zero attached hydrogens (tertiary/aromatic N) is 1. The average molecular weight is 319 g/mol. The van der Waals surface area contributed by atoms with Crippen molar-refractivity contribution < 1.29 is 13.5 Å². The van der Waals surface area contributed by atoms with Crippen molar-refractivity contribution in [1.82, 2.24) is 9.62 Å². The van der Waals surface area contributed by atoms with Crippen molar-refractivity contribution >= 4 is 21.6 Å². The van der Waals surface area contributed by atoms with Crippen LogP contribution in [0.4, 0.5) is 0 Å². The number of aliphatic hydroxyl groups is 1. The van der Waals surface area contributed by atoms with E-state index in [-0.39, 0.29) is 16.5 Å². The summed E-state index contributed by atoms with van der Waals surface area (Å²) in [6, 6.07) is 4.49. The van der Waals surface area contributed by atoms with E-state index in [0.29, 0.717) is 18.7 Å². The Morgan fingerprint density at radius 3 is 2.65 bits per heavy atom. The van der Waals surface area contributed by atoms with E-state index in [1.165, 1.54) is 25.0 Å². The van der Waals surface area contributed by atoms with Gasteiger partial charge in [-0.2, -0.15) is 0 Å². The summed E-state index contributed by atoms with van der Waals surface area (Å²) in [6.45, 7) is 2.91. The van der Waals surface area contributed by atoms with Crippen LogP contribution in [0.5, 0.6) is 0 Å². The Bertz CT molecular complexity index is 557. The predicted octanol–water partition coefficient (Wildman–Crippen LogP) is 1.21. The summed E-state index contributed by atoms with van der Waals surface area (Å²) in [5.41, 5.74) is 0.523. The Morgan fingerprint density at radius 1 is 1.30 bits per heavy atom. The third-order valence-corrected chi connectivity index (χ3v) is 5.33.